The molecule has 0 radical (unpaired) electrons. The van der Waals surface area contributed by atoms with Crippen LogP contribution in [0.2, 0.25) is 0 Å². The molecule has 1 aromatic rings. The maximum Gasteiger partial charge on any atom is 0.0918 e. The molecule has 3 nitrogen and oxygen atoms in total. The number of fused-ring (bicyclic) bond motifs is 1. The summed E-state index contributed by atoms with van der Waals surface area (Å²) in [7, 11) is 1.96. The quantitative estimate of drug-likeness (QED) is 0.656. The number of para-hydroxylation sites is 1. The SMILES string of the molecule is CN1/C(=C\N=O)C(C)(C)c2ccccc21. The zero-order valence-corrected chi connectivity index (χ0v) is 9.19. The van der Waals surface area contributed by atoms with Gasteiger partial charge < -0.3 is 4.90 Å². The molecular formula is C12H14N2O. The van der Waals surface area contributed by atoms with Gasteiger partial charge in [0.15, 0.2) is 0 Å². The van der Waals surface area contributed by atoms with Crippen LogP contribution in [0, 0.1) is 4.91 Å². The predicted molar refractivity (Wildman–Crippen MR) is 61.7 cm³/mol. The first-order chi connectivity index (χ1) is 7.09. The van der Waals surface area contributed by atoms with Crippen molar-refractivity contribution in [3.63, 3.8) is 0 Å². The molecule has 0 amide bonds. The fourth-order valence-electron chi connectivity index (χ4n) is 2.28. The summed E-state index contributed by atoms with van der Waals surface area (Å²) >= 11 is 0. The molecule has 1 aliphatic heterocycles. The number of anilines is 1. The summed E-state index contributed by atoms with van der Waals surface area (Å²) in [6.07, 6.45) is 1.40. The van der Waals surface area contributed by atoms with E-state index >= 15 is 0 Å². The van der Waals surface area contributed by atoms with Gasteiger partial charge in [0.1, 0.15) is 0 Å². The van der Waals surface area contributed by atoms with E-state index in [4.69, 9.17) is 0 Å². The van der Waals surface area contributed by atoms with Crippen molar-refractivity contribution in [2.45, 2.75) is 19.3 Å². The number of nitrogens with zero attached hydrogens (tertiary/aromatic N) is 2. The van der Waals surface area contributed by atoms with E-state index in [-0.39, 0.29) is 5.41 Å². The number of likely N-dealkylation sites (N-methyl/N-ethyl adjacent to an activating group) is 1. The lowest BCUT2D eigenvalue weighted by molar-refractivity contribution is 0.638. The third-order valence-electron chi connectivity index (χ3n) is 3.12. The van der Waals surface area contributed by atoms with Crippen LogP contribution in [0.4, 0.5) is 5.69 Å². The maximum atomic E-state index is 10.4. The normalized spacial score (nSPS) is 20.5. The highest BCUT2D eigenvalue weighted by Gasteiger charge is 2.38. The van der Waals surface area contributed by atoms with E-state index in [1.165, 1.54) is 11.8 Å². The minimum absolute atomic E-state index is 0.140. The number of allylic oxidation sites excluding steroid dienone is 1. The van der Waals surface area contributed by atoms with Gasteiger partial charge in [-0.2, -0.15) is 0 Å². The monoisotopic (exact) mass is 202 g/mol. The second-order valence-electron chi connectivity index (χ2n) is 4.32. The fourth-order valence-corrected chi connectivity index (χ4v) is 2.28. The lowest BCUT2D eigenvalue weighted by Crippen LogP contribution is -2.22. The van der Waals surface area contributed by atoms with Gasteiger partial charge in [0.05, 0.1) is 6.20 Å². The Morgan fingerprint density at radius 1 is 1.33 bits per heavy atom. The second kappa shape index (κ2) is 3.19. The van der Waals surface area contributed by atoms with E-state index < -0.39 is 0 Å². The minimum Gasteiger partial charge on any atom is -0.346 e. The van der Waals surface area contributed by atoms with Gasteiger partial charge in [-0.15, -0.1) is 4.91 Å². The molecule has 1 aliphatic rings. The Kier molecular flexibility index (Phi) is 2.11. The molecule has 1 heterocycles. The first kappa shape index (κ1) is 9.90. The molecule has 1 aromatic carbocycles. The van der Waals surface area contributed by atoms with E-state index in [1.54, 1.807) is 0 Å². The third kappa shape index (κ3) is 1.27. The molecule has 0 unspecified atom stereocenters. The first-order valence-corrected chi connectivity index (χ1v) is 4.95. The number of benzene rings is 1. The van der Waals surface area contributed by atoms with Gasteiger partial charge in [-0.1, -0.05) is 32.0 Å². The highest BCUT2D eigenvalue weighted by molar-refractivity contribution is 5.69. The van der Waals surface area contributed by atoms with Crippen molar-refractivity contribution in [3.8, 4) is 0 Å². The fraction of sp³-hybridized carbons (Fsp3) is 0.333. The smallest absolute Gasteiger partial charge is 0.0918 e. The van der Waals surface area contributed by atoms with E-state index in [9.17, 15) is 4.91 Å². The highest BCUT2D eigenvalue weighted by Crippen LogP contribution is 2.46. The average molecular weight is 202 g/mol. The van der Waals surface area contributed by atoms with Crippen molar-refractivity contribution >= 4 is 5.69 Å². The summed E-state index contributed by atoms with van der Waals surface area (Å²) in [5.41, 5.74) is 3.19. The Hall–Kier alpha value is -1.64. The largest absolute Gasteiger partial charge is 0.346 e. The van der Waals surface area contributed by atoms with Crippen LogP contribution in [0.3, 0.4) is 0 Å². The zero-order chi connectivity index (χ0) is 11.1. The second-order valence-corrected chi connectivity index (χ2v) is 4.32. The summed E-state index contributed by atoms with van der Waals surface area (Å²) in [5.74, 6) is 0. The van der Waals surface area contributed by atoms with Gasteiger partial charge in [-0.25, -0.2) is 0 Å². The van der Waals surface area contributed by atoms with Gasteiger partial charge in [-0.05, 0) is 16.8 Å². The maximum absolute atomic E-state index is 10.4. The summed E-state index contributed by atoms with van der Waals surface area (Å²) in [6.45, 7) is 4.21. The number of hydrogen-bond acceptors (Lipinski definition) is 3. The third-order valence-corrected chi connectivity index (χ3v) is 3.12. The van der Waals surface area contributed by atoms with Crippen LogP contribution in [0.25, 0.3) is 0 Å². The molecule has 78 valence electrons. The average Bonchev–Trinajstić information content (AvgIpc) is 2.41. The molecule has 0 saturated heterocycles. The van der Waals surface area contributed by atoms with Gasteiger partial charge in [0, 0.05) is 23.8 Å². The molecule has 0 atom stereocenters. The highest BCUT2D eigenvalue weighted by atomic mass is 16.2. The van der Waals surface area contributed by atoms with E-state index in [2.05, 4.69) is 31.2 Å². The predicted octanol–water partition coefficient (Wildman–Crippen LogP) is 3.02. The van der Waals surface area contributed by atoms with E-state index in [0.29, 0.717) is 0 Å². The van der Waals surface area contributed by atoms with Gasteiger partial charge >= 0.3 is 0 Å². The van der Waals surface area contributed by atoms with Crippen molar-refractivity contribution < 1.29 is 0 Å². The summed E-state index contributed by atoms with van der Waals surface area (Å²) in [5, 5.41) is 2.89. The standard InChI is InChI=1S/C12H14N2O/c1-12(2)9-6-4-5-7-10(9)14(3)11(12)8-13-15/h4-8H,1-3H3/b11-8-. The molecule has 0 aromatic heterocycles. The Balaban J connectivity index is 2.64. The summed E-state index contributed by atoms with van der Waals surface area (Å²) in [6, 6.07) is 8.18. The Labute approximate surface area is 89.4 Å². The molecule has 2 rings (SSSR count). The molecule has 0 fully saturated rings. The lowest BCUT2D eigenvalue weighted by atomic mass is 9.84. The topological polar surface area (TPSA) is 32.7 Å². The van der Waals surface area contributed by atoms with Crippen LogP contribution in [0.15, 0.2) is 41.3 Å². The lowest BCUT2D eigenvalue weighted by Gasteiger charge is -2.22. The van der Waals surface area contributed by atoms with Gasteiger partial charge in [0.2, 0.25) is 0 Å². The number of rotatable bonds is 1. The van der Waals surface area contributed by atoms with E-state index in [0.717, 1.165) is 11.4 Å². The van der Waals surface area contributed by atoms with Crippen LogP contribution < -0.4 is 4.90 Å². The van der Waals surface area contributed by atoms with Crippen molar-refractivity contribution in [2.75, 3.05) is 11.9 Å². The number of hydrogen-bond donors (Lipinski definition) is 0. The Bertz CT molecular complexity index is 435. The van der Waals surface area contributed by atoms with Crippen molar-refractivity contribution in [2.24, 2.45) is 5.18 Å². The molecule has 0 saturated carbocycles. The molecule has 0 spiro atoms. The summed E-state index contributed by atoms with van der Waals surface area (Å²) < 4.78 is 0. The van der Waals surface area contributed by atoms with Crippen molar-refractivity contribution in [1.82, 2.24) is 0 Å². The van der Waals surface area contributed by atoms with Crippen molar-refractivity contribution in [3.05, 3.63) is 46.6 Å². The van der Waals surface area contributed by atoms with Crippen LogP contribution in [-0.4, -0.2) is 7.05 Å². The van der Waals surface area contributed by atoms with Crippen LogP contribution in [-0.2, 0) is 5.41 Å². The Morgan fingerprint density at radius 3 is 2.60 bits per heavy atom. The molecule has 15 heavy (non-hydrogen) atoms. The minimum atomic E-state index is -0.140. The summed E-state index contributed by atoms with van der Waals surface area (Å²) in [4.78, 5) is 12.4. The van der Waals surface area contributed by atoms with Crippen LogP contribution >= 0.6 is 0 Å². The van der Waals surface area contributed by atoms with Crippen LogP contribution in [0.5, 0.6) is 0 Å². The molecule has 0 aliphatic carbocycles. The van der Waals surface area contributed by atoms with Gasteiger partial charge in [-0.3, -0.25) is 0 Å². The molecular weight excluding hydrogens is 188 g/mol. The molecule has 0 bridgehead atoms. The molecule has 0 N–H and O–H groups in total. The van der Waals surface area contributed by atoms with Gasteiger partial charge in [0.25, 0.3) is 0 Å². The number of nitroso groups, excluding NO2 is 1. The van der Waals surface area contributed by atoms with Crippen molar-refractivity contribution in [1.29, 1.82) is 0 Å². The zero-order valence-electron chi connectivity index (χ0n) is 9.19. The molecule has 3 heteroatoms. The van der Waals surface area contributed by atoms with Crippen LogP contribution in [0.1, 0.15) is 19.4 Å². The first-order valence-electron chi connectivity index (χ1n) is 4.95. The Morgan fingerprint density at radius 2 is 2.00 bits per heavy atom. The van der Waals surface area contributed by atoms with E-state index in [1.807, 2.05) is 24.1 Å².